The molecule has 0 amide bonds. The van der Waals surface area contributed by atoms with Crippen molar-refractivity contribution in [3.63, 3.8) is 0 Å². The molecular weight excluding hydrogens is 301 g/mol. The van der Waals surface area contributed by atoms with Crippen LogP contribution in [0.1, 0.15) is 6.92 Å². The number of hydrogen-bond donors (Lipinski definition) is 1. The minimum atomic E-state index is -0.720. The summed E-state index contributed by atoms with van der Waals surface area (Å²) >= 11 is 0. The van der Waals surface area contributed by atoms with Crippen LogP contribution in [0.25, 0.3) is 0 Å². The van der Waals surface area contributed by atoms with Crippen LogP contribution in [0.5, 0.6) is 0 Å². The molecule has 0 radical (unpaired) electrons. The molecule has 0 bridgehead atoms. The molecular formula is C13H21Cl2N3O2. The summed E-state index contributed by atoms with van der Waals surface area (Å²) in [5, 5.41) is 8.90. The van der Waals surface area contributed by atoms with Gasteiger partial charge in [-0.3, -0.25) is 9.69 Å². The summed E-state index contributed by atoms with van der Waals surface area (Å²) in [4.78, 5) is 19.6. The number of piperazine rings is 1. The lowest BCUT2D eigenvalue weighted by Crippen LogP contribution is -2.48. The third-order valence-corrected chi connectivity index (χ3v) is 3.30. The predicted molar refractivity (Wildman–Crippen MR) is 84.2 cm³/mol. The molecule has 1 aromatic rings. The SMILES string of the molecule is CC(CN1CCN(c2ccccn2)CC1)C(=O)O.Cl.Cl. The number of carboxylic acids is 1. The summed E-state index contributed by atoms with van der Waals surface area (Å²) in [6.45, 7) is 5.99. The normalized spacial score (nSPS) is 16.8. The Balaban J connectivity index is 0.00000180. The van der Waals surface area contributed by atoms with Crippen molar-refractivity contribution in [2.24, 2.45) is 5.92 Å². The van der Waals surface area contributed by atoms with Gasteiger partial charge in [0.2, 0.25) is 0 Å². The summed E-state index contributed by atoms with van der Waals surface area (Å²) in [7, 11) is 0. The van der Waals surface area contributed by atoms with Gasteiger partial charge in [-0.1, -0.05) is 13.0 Å². The lowest BCUT2D eigenvalue weighted by Gasteiger charge is -2.36. The third-order valence-electron chi connectivity index (χ3n) is 3.30. The number of aliphatic carboxylic acids is 1. The fourth-order valence-electron chi connectivity index (χ4n) is 2.17. The Hall–Kier alpha value is -1.04. The molecule has 1 saturated heterocycles. The van der Waals surface area contributed by atoms with Gasteiger partial charge in [-0.05, 0) is 12.1 Å². The Labute approximate surface area is 131 Å². The molecule has 1 aliphatic heterocycles. The standard InChI is InChI=1S/C13H19N3O2.2ClH/c1-11(13(17)18)10-15-6-8-16(9-7-15)12-4-2-3-5-14-12;;/h2-5,11H,6-10H2,1H3,(H,17,18);2*1H. The van der Waals surface area contributed by atoms with Crippen LogP contribution in [0.4, 0.5) is 5.82 Å². The fraction of sp³-hybridized carbons (Fsp3) is 0.538. The average Bonchev–Trinajstić information content (AvgIpc) is 2.40. The highest BCUT2D eigenvalue weighted by Crippen LogP contribution is 2.13. The maximum atomic E-state index is 10.8. The van der Waals surface area contributed by atoms with Crippen molar-refractivity contribution in [2.75, 3.05) is 37.6 Å². The largest absolute Gasteiger partial charge is 0.481 e. The van der Waals surface area contributed by atoms with Crippen LogP contribution in [0, 0.1) is 5.92 Å². The molecule has 0 aliphatic carbocycles. The number of nitrogens with zero attached hydrogens (tertiary/aromatic N) is 3. The Bertz CT molecular complexity index is 398. The number of halogens is 2. The van der Waals surface area contributed by atoms with E-state index in [9.17, 15) is 4.79 Å². The van der Waals surface area contributed by atoms with Gasteiger partial charge in [-0.2, -0.15) is 0 Å². The van der Waals surface area contributed by atoms with E-state index < -0.39 is 5.97 Å². The van der Waals surface area contributed by atoms with E-state index in [2.05, 4.69) is 14.8 Å². The van der Waals surface area contributed by atoms with Crippen LogP contribution in [0.2, 0.25) is 0 Å². The Morgan fingerprint density at radius 2 is 1.95 bits per heavy atom. The molecule has 2 rings (SSSR count). The highest BCUT2D eigenvalue weighted by molar-refractivity contribution is 5.85. The van der Waals surface area contributed by atoms with Gasteiger partial charge in [0.15, 0.2) is 0 Å². The van der Waals surface area contributed by atoms with E-state index in [1.54, 1.807) is 13.1 Å². The summed E-state index contributed by atoms with van der Waals surface area (Å²) in [6, 6.07) is 5.91. The maximum absolute atomic E-state index is 10.8. The van der Waals surface area contributed by atoms with Crippen LogP contribution < -0.4 is 4.90 Å². The predicted octanol–water partition coefficient (Wildman–Crippen LogP) is 1.77. The van der Waals surface area contributed by atoms with E-state index in [4.69, 9.17) is 5.11 Å². The molecule has 1 aromatic heterocycles. The monoisotopic (exact) mass is 321 g/mol. The minimum absolute atomic E-state index is 0. The first-order valence-corrected chi connectivity index (χ1v) is 6.28. The topological polar surface area (TPSA) is 56.7 Å². The summed E-state index contributed by atoms with van der Waals surface area (Å²) < 4.78 is 0. The molecule has 20 heavy (non-hydrogen) atoms. The lowest BCUT2D eigenvalue weighted by molar-refractivity contribution is -0.141. The number of pyridine rings is 1. The van der Waals surface area contributed by atoms with Crippen LogP contribution in [0.15, 0.2) is 24.4 Å². The van der Waals surface area contributed by atoms with Crippen molar-refractivity contribution >= 4 is 36.6 Å². The molecule has 1 atom stereocenters. The summed E-state index contributed by atoms with van der Waals surface area (Å²) in [5.41, 5.74) is 0. The molecule has 5 nitrogen and oxygen atoms in total. The number of carbonyl (C=O) groups is 1. The highest BCUT2D eigenvalue weighted by Gasteiger charge is 2.21. The van der Waals surface area contributed by atoms with Gasteiger partial charge in [-0.15, -0.1) is 24.8 Å². The van der Waals surface area contributed by atoms with Crippen molar-refractivity contribution in [1.82, 2.24) is 9.88 Å². The van der Waals surface area contributed by atoms with E-state index >= 15 is 0 Å². The second kappa shape index (κ2) is 9.00. The van der Waals surface area contributed by atoms with E-state index in [0.717, 1.165) is 32.0 Å². The van der Waals surface area contributed by atoms with Crippen LogP contribution in [0.3, 0.4) is 0 Å². The molecule has 0 spiro atoms. The molecule has 2 heterocycles. The quantitative estimate of drug-likeness (QED) is 0.915. The zero-order chi connectivity index (χ0) is 13.0. The van der Waals surface area contributed by atoms with Crippen molar-refractivity contribution in [1.29, 1.82) is 0 Å². The van der Waals surface area contributed by atoms with Crippen molar-refractivity contribution in [2.45, 2.75) is 6.92 Å². The first-order valence-electron chi connectivity index (χ1n) is 6.28. The molecule has 0 saturated carbocycles. The number of hydrogen-bond acceptors (Lipinski definition) is 4. The minimum Gasteiger partial charge on any atom is -0.481 e. The van der Waals surface area contributed by atoms with Crippen LogP contribution in [-0.2, 0) is 4.79 Å². The van der Waals surface area contributed by atoms with Gasteiger partial charge in [0.05, 0.1) is 5.92 Å². The van der Waals surface area contributed by atoms with Gasteiger partial charge >= 0.3 is 5.97 Å². The molecule has 1 fully saturated rings. The summed E-state index contributed by atoms with van der Waals surface area (Å²) in [6.07, 6.45) is 1.80. The Morgan fingerprint density at radius 1 is 1.30 bits per heavy atom. The van der Waals surface area contributed by atoms with Gasteiger partial charge in [0, 0.05) is 38.9 Å². The van der Waals surface area contributed by atoms with E-state index in [1.165, 1.54) is 0 Å². The van der Waals surface area contributed by atoms with Crippen LogP contribution >= 0.6 is 24.8 Å². The van der Waals surface area contributed by atoms with Crippen molar-refractivity contribution < 1.29 is 9.90 Å². The number of carboxylic acid groups (broad SMARTS) is 1. The molecule has 114 valence electrons. The van der Waals surface area contributed by atoms with Crippen molar-refractivity contribution in [3.05, 3.63) is 24.4 Å². The van der Waals surface area contributed by atoms with E-state index in [0.29, 0.717) is 6.54 Å². The average molecular weight is 322 g/mol. The van der Waals surface area contributed by atoms with Gasteiger partial charge < -0.3 is 10.0 Å². The molecule has 0 aromatic carbocycles. The Kier molecular flexibility index (Phi) is 8.53. The third kappa shape index (κ3) is 5.15. The summed E-state index contributed by atoms with van der Waals surface area (Å²) in [5.74, 6) is -0.0167. The van der Waals surface area contributed by atoms with Gasteiger partial charge in [0.1, 0.15) is 5.82 Å². The van der Waals surface area contributed by atoms with Crippen LogP contribution in [-0.4, -0.2) is 53.7 Å². The number of rotatable bonds is 4. The Morgan fingerprint density at radius 3 is 2.45 bits per heavy atom. The second-order valence-corrected chi connectivity index (χ2v) is 4.71. The van der Waals surface area contributed by atoms with Crippen molar-refractivity contribution in [3.8, 4) is 0 Å². The van der Waals surface area contributed by atoms with Gasteiger partial charge in [-0.25, -0.2) is 4.98 Å². The first kappa shape index (κ1) is 19.0. The van der Waals surface area contributed by atoms with E-state index in [1.807, 2.05) is 18.2 Å². The second-order valence-electron chi connectivity index (χ2n) is 4.71. The fourth-order valence-corrected chi connectivity index (χ4v) is 2.17. The zero-order valence-corrected chi connectivity index (χ0v) is 13.1. The maximum Gasteiger partial charge on any atom is 0.307 e. The molecule has 1 unspecified atom stereocenters. The first-order chi connectivity index (χ1) is 8.66. The number of aromatic nitrogens is 1. The zero-order valence-electron chi connectivity index (χ0n) is 11.4. The van der Waals surface area contributed by atoms with Gasteiger partial charge in [0.25, 0.3) is 0 Å². The highest BCUT2D eigenvalue weighted by atomic mass is 35.5. The van der Waals surface area contributed by atoms with E-state index in [-0.39, 0.29) is 30.7 Å². The number of anilines is 1. The molecule has 1 N–H and O–H groups in total. The lowest BCUT2D eigenvalue weighted by atomic mass is 10.1. The molecule has 1 aliphatic rings. The molecule has 7 heteroatoms. The smallest absolute Gasteiger partial charge is 0.307 e.